The van der Waals surface area contributed by atoms with Crippen LogP contribution in [0, 0.1) is 0 Å². The molecule has 1 saturated heterocycles. The van der Waals surface area contributed by atoms with E-state index in [2.05, 4.69) is 4.98 Å². The van der Waals surface area contributed by atoms with E-state index in [4.69, 9.17) is 21.1 Å². The molecule has 7 heteroatoms. The van der Waals surface area contributed by atoms with Crippen LogP contribution >= 0.6 is 23.4 Å². The minimum atomic E-state index is -0.484. The van der Waals surface area contributed by atoms with Gasteiger partial charge in [0.05, 0.1) is 6.54 Å². The van der Waals surface area contributed by atoms with E-state index in [1.165, 1.54) is 11.8 Å². The zero-order valence-electron chi connectivity index (χ0n) is 13.3. The molecular formula is C15H21ClN2O3S. The molecule has 0 bridgehead atoms. The van der Waals surface area contributed by atoms with E-state index >= 15 is 0 Å². The summed E-state index contributed by atoms with van der Waals surface area (Å²) in [7, 11) is 0. The van der Waals surface area contributed by atoms with Crippen LogP contribution in [0.2, 0.25) is 5.15 Å². The average Bonchev–Trinajstić information content (AvgIpc) is 2.84. The molecule has 1 atom stereocenters. The highest BCUT2D eigenvalue weighted by Crippen LogP contribution is 2.26. The van der Waals surface area contributed by atoms with Gasteiger partial charge in [-0.1, -0.05) is 11.6 Å². The van der Waals surface area contributed by atoms with Crippen molar-refractivity contribution < 1.29 is 14.3 Å². The van der Waals surface area contributed by atoms with Crippen LogP contribution in [0.1, 0.15) is 27.2 Å². The lowest BCUT2D eigenvalue weighted by molar-refractivity contribution is 0.0275. The van der Waals surface area contributed by atoms with Crippen LogP contribution in [-0.4, -0.2) is 47.0 Å². The van der Waals surface area contributed by atoms with Gasteiger partial charge in [0.25, 0.3) is 0 Å². The number of aromatic nitrogens is 1. The standard InChI is InChI=1S/C15H21ClN2O3S/c1-15(2,3)21-14(19)18-6-5-10(9-18)20-11-7-12(16)17-13(8-11)22-4/h7-8,10H,5-6,9H2,1-4H3. The van der Waals surface area contributed by atoms with Crippen molar-refractivity contribution in [1.82, 2.24) is 9.88 Å². The summed E-state index contributed by atoms with van der Waals surface area (Å²) in [4.78, 5) is 17.9. The number of amides is 1. The van der Waals surface area contributed by atoms with Crippen LogP contribution in [0.15, 0.2) is 17.2 Å². The van der Waals surface area contributed by atoms with E-state index in [0.717, 1.165) is 11.4 Å². The van der Waals surface area contributed by atoms with Gasteiger partial charge in [0.2, 0.25) is 0 Å². The van der Waals surface area contributed by atoms with Gasteiger partial charge in [-0.15, -0.1) is 11.8 Å². The minimum absolute atomic E-state index is 0.0549. The molecule has 1 unspecified atom stereocenters. The van der Waals surface area contributed by atoms with E-state index in [1.807, 2.05) is 33.1 Å². The van der Waals surface area contributed by atoms with Crippen molar-refractivity contribution in [3.05, 3.63) is 17.3 Å². The number of hydrogen-bond donors (Lipinski definition) is 0. The highest BCUT2D eigenvalue weighted by molar-refractivity contribution is 7.98. The lowest BCUT2D eigenvalue weighted by atomic mass is 10.2. The smallest absolute Gasteiger partial charge is 0.410 e. The van der Waals surface area contributed by atoms with Gasteiger partial charge in [-0.3, -0.25) is 0 Å². The Balaban J connectivity index is 1.94. The van der Waals surface area contributed by atoms with E-state index in [-0.39, 0.29) is 12.2 Å². The van der Waals surface area contributed by atoms with E-state index < -0.39 is 5.60 Å². The minimum Gasteiger partial charge on any atom is -0.488 e. The summed E-state index contributed by atoms with van der Waals surface area (Å²) in [5.41, 5.74) is -0.484. The first-order valence-electron chi connectivity index (χ1n) is 7.13. The number of rotatable bonds is 3. The first-order valence-corrected chi connectivity index (χ1v) is 8.73. The molecule has 2 rings (SSSR count). The summed E-state index contributed by atoms with van der Waals surface area (Å²) < 4.78 is 11.3. The maximum Gasteiger partial charge on any atom is 0.410 e. The molecule has 122 valence electrons. The number of carbonyl (C=O) groups is 1. The van der Waals surface area contributed by atoms with Crippen molar-refractivity contribution in [3.63, 3.8) is 0 Å². The predicted octanol–water partition coefficient (Wildman–Crippen LogP) is 3.85. The van der Waals surface area contributed by atoms with Crippen molar-refractivity contribution in [2.75, 3.05) is 19.3 Å². The topological polar surface area (TPSA) is 51.7 Å². The molecule has 1 aromatic heterocycles. The maximum absolute atomic E-state index is 12.0. The number of ether oxygens (including phenoxy) is 2. The van der Waals surface area contributed by atoms with E-state index in [0.29, 0.717) is 24.0 Å². The predicted molar refractivity (Wildman–Crippen MR) is 87.9 cm³/mol. The molecule has 0 aliphatic carbocycles. The number of halogens is 1. The summed E-state index contributed by atoms with van der Waals surface area (Å²) in [6.45, 7) is 6.73. The van der Waals surface area contributed by atoms with Gasteiger partial charge in [-0.05, 0) is 27.0 Å². The van der Waals surface area contributed by atoms with Gasteiger partial charge in [0.15, 0.2) is 0 Å². The fourth-order valence-corrected chi connectivity index (χ4v) is 2.80. The number of pyridine rings is 1. The largest absolute Gasteiger partial charge is 0.488 e. The van der Waals surface area contributed by atoms with Crippen molar-refractivity contribution in [1.29, 1.82) is 0 Å². The second kappa shape index (κ2) is 6.96. The van der Waals surface area contributed by atoms with Gasteiger partial charge in [0, 0.05) is 25.1 Å². The lowest BCUT2D eigenvalue weighted by Gasteiger charge is -2.24. The number of nitrogens with zero attached hydrogens (tertiary/aromatic N) is 2. The van der Waals surface area contributed by atoms with Crippen LogP contribution in [-0.2, 0) is 4.74 Å². The second-order valence-electron chi connectivity index (χ2n) is 6.12. The summed E-state index contributed by atoms with van der Waals surface area (Å²) >= 11 is 7.48. The van der Waals surface area contributed by atoms with Gasteiger partial charge in [-0.2, -0.15) is 0 Å². The van der Waals surface area contributed by atoms with E-state index in [9.17, 15) is 4.79 Å². The number of thioether (sulfide) groups is 1. The molecule has 0 aromatic carbocycles. The van der Waals surface area contributed by atoms with Crippen LogP contribution in [0.25, 0.3) is 0 Å². The summed E-state index contributed by atoms with van der Waals surface area (Å²) in [5, 5.41) is 1.22. The molecule has 22 heavy (non-hydrogen) atoms. The Labute approximate surface area is 140 Å². The molecule has 1 aliphatic heterocycles. The highest BCUT2D eigenvalue weighted by Gasteiger charge is 2.30. The molecule has 0 N–H and O–H groups in total. The Hall–Kier alpha value is -1.14. The first kappa shape index (κ1) is 17.2. The van der Waals surface area contributed by atoms with Gasteiger partial charge in [0.1, 0.15) is 27.6 Å². The van der Waals surface area contributed by atoms with Crippen molar-refractivity contribution in [2.24, 2.45) is 0 Å². The molecule has 1 amide bonds. The fraction of sp³-hybridized carbons (Fsp3) is 0.600. The summed E-state index contributed by atoms with van der Waals surface area (Å²) in [6.07, 6.45) is 2.35. The van der Waals surface area contributed by atoms with Crippen molar-refractivity contribution in [2.45, 2.75) is 43.9 Å². The SMILES string of the molecule is CSc1cc(OC2CCN(C(=O)OC(C)(C)C)C2)cc(Cl)n1. The third-order valence-electron chi connectivity index (χ3n) is 3.05. The fourth-order valence-electron chi connectivity index (χ4n) is 2.13. The Morgan fingerprint density at radius 2 is 2.18 bits per heavy atom. The average molecular weight is 345 g/mol. The zero-order valence-corrected chi connectivity index (χ0v) is 14.8. The second-order valence-corrected chi connectivity index (χ2v) is 7.34. The Bertz CT molecular complexity index is 548. The first-order chi connectivity index (χ1) is 10.3. The van der Waals surface area contributed by atoms with Gasteiger partial charge in [-0.25, -0.2) is 9.78 Å². The molecule has 1 fully saturated rings. The quantitative estimate of drug-likeness (QED) is 0.616. The summed E-state index contributed by atoms with van der Waals surface area (Å²) in [6, 6.07) is 3.55. The summed E-state index contributed by atoms with van der Waals surface area (Å²) in [5.74, 6) is 0.681. The van der Waals surface area contributed by atoms with Crippen LogP contribution in [0.4, 0.5) is 4.79 Å². The van der Waals surface area contributed by atoms with E-state index in [1.54, 1.807) is 11.0 Å². The molecule has 2 heterocycles. The van der Waals surface area contributed by atoms with Crippen LogP contribution in [0.3, 0.4) is 0 Å². The Morgan fingerprint density at radius 1 is 1.45 bits per heavy atom. The van der Waals surface area contributed by atoms with Crippen LogP contribution < -0.4 is 4.74 Å². The third-order valence-corrected chi connectivity index (χ3v) is 3.87. The normalized spacial score (nSPS) is 18.4. The molecule has 0 radical (unpaired) electrons. The Kier molecular flexibility index (Phi) is 5.45. The molecule has 0 saturated carbocycles. The molecule has 0 spiro atoms. The highest BCUT2D eigenvalue weighted by atomic mass is 35.5. The maximum atomic E-state index is 12.0. The Morgan fingerprint density at radius 3 is 2.82 bits per heavy atom. The molecule has 5 nitrogen and oxygen atoms in total. The number of likely N-dealkylation sites (tertiary alicyclic amines) is 1. The molecule has 1 aromatic rings. The van der Waals surface area contributed by atoms with Gasteiger partial charge < -0.3 is 14.4 Å². The van der Waals surface area contributed by atoms with Crippen molar-refractivity contribution in [3.8, 4) is 5.75 Å². The number of hydrogen-bond acceptors (Lipinski definition) is 5. The van der Waals surface area contributed by atoms with Crippen LogP contribution in [0.5, 0.6) is 5.75 Å². The molecular weight excluding hydrogens is 324 g/mol. The number of carbonyl (C=O) groups excluding carboxylic acids is 1. The molecule has 1 aliphatic rings. The zero-order chi connectivity index (χ0) is 16.3. The van der Waals surface area contributed by atoms with Gasteiger partial charge >= 0.3 is 6.09 Å². The lowest BCUT2D eigenvalue weighted by Crippen LogP contribution is -2.36. The van der Waals surface area contributed by atoms with Crippen molar-refractivity contribution >= 4 is 29.5 Å². The third kappa shape index (κ3) is 4.95. The monoisotopic (exact) mass is 344 g/mol.